The van der Waals surface area contributed by atoms with Crippen molar-refractivity contribution in [3.8, 4) is 0 Å². The van der Waals surface area contributed by atoms with Gasteiger partial charge in [0.25, 0.3) is 0 Å². The van der Waals surface area contributed by atoms with Gasteiger partial charge in [-0.2, -0.15) is 0 Å². The molecular formula is C32H35Cl2N3O2. The Bertz CT molecular complexity index is 1310. The molecule has 2 amide bonds. The van der Waals surface area contributed by atoms with Crippen molar-refractivity contribution in [3.05, 3.63) is 106 Å². The lowest BCUT2D eigenvalue weighted by molar-refractivity contribution is -0.124. The molecule has 0 radical (unpaired) electrons. The Labute approximate surface area is 240 Å². The topological polar surface area (TPSA) is 61.4 Å². The molecule has 2 N–H and O–H groups in total. The van der Waals surface area contributed by atoms with E-state index in [1.165, 1.54) is 5.56 Å². The maximum absolute atomic E-state index is 13.7. The Kier molecular flexibility index (Phi) is 8.32. The first-order valence-corrected chi connectivity index (χ1v) is 14.4. The molecule has 1 heterocycles. The zero-order valence-corrected chi connectivity index (χ0v) is 23.8. The van der Waals surface area contributed by atoms with Gasteiger partial charge in [-0.05, 0) is 60.4 Å². The van der Waals surface area contributed by atoms with Crippen LogP contribution in [-0.2, 0) is 27.0 Å². The highest BCUT2D eigenvalue weighted by atomic mass is 35.5. The minimum Gasteiger partial charge on any atom is -0.355 e. The molecule has 5 nitrogen and oxygen atoms in total. The molecule has 1 aliphatic carbocycles. The van der Waals surface area contributed by atoms with E-state index in [-0.39, 0.29) is 23.3 Å². The minimum atomic E-state index is -0.615. The van der Waals surface area contributed by atoms with Crippen molar-refractivity contribution in [2.75, 3.05) is 26.2 Å². The van der Waals surface area contributed by atoms with Crippen molar-refractivity contribution in [2.45, 2.75) is 43.6 Å². The van der Waals surface area contributed by atoms with E-state index in [0.29, 0.717) is 16.6 Å². The lowest BCUT2D eigenvalue weighted by atomic mass is 9.80. The highest BCUT2D eigenvalue weighted by Gasteiger charge is 2.61. The lowest BCUT2D eigenvalue weighted by Crippen LogP contribution is -2.53. The number of amides is 2. The fourth-order valence-electron chi connectivity index (χ4n) is 6.22. The normalized spacial score (nSPS) is 22.2. The van der Waals surface area contributed by atoms with Gasteiger partial charge in [0.2, 0.25) is 11.8 Å². The first-order valence-electron chi connectivity index (χ1n) is 13.7. The predicted molar refractivity (Wildman–Crippen MR) is 157 cm³/mol. The minimum absolute atomic E-state index is 0.0136. The fourth-order valence-corrected chi connectivity index (χ4v) is 6.52. The molecule has 7 heteroatoms. The lowest BCUT2D eigenvalue weighted by Gasteiger charge is -2.43. The molecule has 39 heavy (non-hydrogen) atoms. The number of benzene rings is 3. The zero-order chi connectivity index (χ0) is 27.5. The van der Waals surface area contributed by atoms with Crippen LogP contribution in [0.1, 0.15) is 42.9 Å². The van der Waals surface area contributed by atoms with E-state index in [9.17, 15) is 9.59 Å². The molecule has 5 rings (SSSR count). The van der Waals surface area contributed by atoms with Gasteiger partial charge in [-0.15, -0.1) is 0 Å². The summed E-state index contributed by atoms with van der Waals surface area (Å²) in [6.07, 6.45) is 3.21. The summed E-state index contributed by atoms with van der Waals surface area (Å²) in [5.41, 5.74) is 2.30. The summed E-state index contributed by atoms with van der Waals surface area (Å²) in [5, 5.41) is 7.42. The van der Waals surface area contributed by atoms with Crippen LogP contribution in [0.3, 0.4) is 0 Å². The number of rotatable bonds is 9. The van der Waals surface area contributed by atoms with Crippen LogP contribution in [-0.4, -0.2) is 42.9 Å². The molecule has 1 saturated carbocycles. The molecule has 2 fully saturated rings. The molecule has 204 valence electrons. The Hall–Kier alpha value is -2.86. The first kappa shape index (κ1) is 27.7. The summed E-state index contributed by atoms with van der Waals surface area (Å²) in [5.74, 6) is 0.215. The van der Waals surface area contributed by atoms with Crippen LogP contribution >= 0.6 is 23.2 Å². The Balaban J connectivity index is 1.28. The van der Waals surface area contributed by atoms with Gasteiger partial charge in [-0.1, -0.05) is 89.9 Å². The quantitative estimate of drug-likeness (QED) is 0.349. The number of nitrogens with one attached hydrogen (secondary N) is 2. The summed E-state index contributed by atoms with van der Waals surface area (Å²) in [7, 11) is 0. The third kappa shape index (κ3) is 6.01. The van der Waals surface area contributed by atoms with Gasteiger partial charge in [0, 0.05) is 33.1 Å². The fraction of sp³-hybridized carbons (Fsp3) is 0.375. The van der Waals surface area contributed by atoms with Gasteiger partial charge in [0.05, 0.1) is 21.0 Å². The number of carbonyl (C=O) groups is 2. The second-order valence-electron chi connectivity index (χ2n) is 10.9. The zero-order valence-electron chi connectivity index (χ0n) is 22.3. The smallest absolute Gasteiger partial charge is 0.231 e. The summed E-state index contributed by atoms with van der Waals surface area (Å²) in [4.78, 5) is 28.3. The monoisotopic (exact) mass is 563 g/mol. The molecule has 3 aromatic carbocycles. The van der Waals surface area contributed by atoms with E-state index >= 15 is 0 Å². The molecule has 1 aliphatic heterocycles. The van der Waals surface area contributed by atoms with Crippen LogP contribution in [0.2, 0.25) is 10.0 Å². The van der Waals surface area contributed by atoms with E-state index in [1.54, 1.807) is 13.0 Å². The van der Waals surface area contributed by atoms with Crippen LogP contribution in [0, 0.1) is 5.92 Å². The van der Waals surface area contributed by atoms with Crippen molar-refractivity contribution >= 4 is 35.0 Å². The maximum Gasteiger partial charge on any atom is 0.231 e. The molecule has 0 aromatic heterocycles. The standard InChI is InChI=1S/C32H35Cl2N3O2/c1-23(38)36-31(25-10-6-3-7-11-25)15-18-37(19-16-31)22-27-21-32(27,26-12-13-28(33)29(34)20-26)30(39)35-17-14-24-8-4-2-5-9-24/h2-13,20,27H,14-19,21-22H2,1H3,(H,35,39)(H,36,38)/t27-,32-/m1/s1. The van der Waals surface area contributed by atoms with Crippen LogP contribution in [0.25, 0.3) is 0 Å². The van der Waals surface area contributed by atoms with Crippen LogP contribution < -0.4 is 10.6 Å². The molecular weight excluding hydrogens is 529 g/mol. The van der Waals surface area contributed by atoms with Gasteiger partial charge in [-0.25, -0.2) is 0 Å². The largest absolute Gasteiger partial charge is 0.355 e. The molecule has 1 saturated heterocycles. The Morgan fingerprint density at radius 2 is 1.56 bits per heavy atom. The summed E-state index contributed by atoms with van der Waals surface area (Å²) in [6.45, 7) is 4.68. The van der Waals surface area contributed by atoms with E-state index in [0.717, 1.165) is 56.4 Å². The highest BCUT2D eigenvalue weighted by molar-refractivity contribution is 6.42. The van der Waals surface area contributed by atoms with Crippen LogP contribution in [0.4, 0.5) is 0 Å². The van der Waals surface area contributed by atoms with E-state index in [1.807, 2.05) is 48.5 Å². The number of halogens is 2. The third-order valence-corrected chi connectivity index (χ3v) is 9.16. The molecule has 0 unspecified atom stereocenters. The van der Waals surface area contributed by atoms with Gasteiger partial charge in [0.15, 0.2) is 0 Å². The first-order chi connectivity index (χ1) is 18.8. The van der Waals surface area contributed by atoms with Gasteiger partial charge in [0.1, 0.15) is 0 Å². The summed E-state index contributed by atoms with van der Waals surface area (Å²) < 4.78 is 0. The average molecular weight is 565 g/mol. The SMILES string of the molecule is CC(=O)NC1(c2ccccc2)CCN(C[C@H]2C[C@@]2(C(=O)NCCc2ccccc2)c2ccc(Cl)c(Cl)c2)CC1. The van der Waals surface area contributed by atoms with E-state index < -0.39 is 5.41 Å². The van der Waals surface area contributed by atoms with Crippen molar-refractivity contribution in [1.29, 1.82) is 0 Å². The highest BCUT2D eigenvalue weighted by Crippen LogP contribution is 2.56. The third-order valence-electron chi connectivity index (χ3n) is 8.42. The Morgan fingerprint density at radius 3 is 2.21 bits per heavy atom. The number of nitrogens with zero attached hydrogens (tertiary/aromatic N) is 1. The number of carbonyl (C=O) groups excluding carboxylic acids is 2. The number of hydrogen-bond donors (Lipinski definition) is 2. The molecule has 0 spiro atoms. The van der Waals surface area contributed by atoms with Gasteiger partial charge < -0.3 is 15.5 Å². The van der Waals surface area contributed by atoms with E-state index in [4.69, 9.17) is 23.2 Å². The van der Waals surface area contributed by atoms with Crippen molar-refractivity contribution in [2.24, 2.45) is 5.92 Å². The summed E-state index contributed by atoms with van der Waals surface area (Å²) in [6, 6.07) is 26.0. The molecule has 2 atom stereocenters. The second kappa shape index (κ2) is 11.7. The predicted octanol–water partition coefficient (Wildman–Crippen LogP) is 5.74. The molecule has 3 aromatic rings. The molecule has 2 aliphatic rings. The average Bonchev–Trinajstić information content (AvgIpc) is 3.67. The van der Waals surface area contributed by atoms with Gasteiger partial charge in [-0.3, -0.25) is 9.59 Å². The number of hydrogen-bond acceptors (Lipinski definition) is 3. The van der Waals surface area contributed by atoms with Gasteiger partial charge >= 0.3 is 0 Å². The summed E-state index contributed by atoms with van der Waals surface area (Å²) >= 11 is 12.6. The Morgan fingerprint density at radius 1 is 0.897 bits per heavy atom. The molecule has 0 bridgehead atoms. The van der Waals surface area contributed by atoms with Crippen LogP contribution in [0.15, 0.2) is 78.9 Å². The van der Waals surface area contributed by atoms with Crippen molar-refractivity contribution in [3.63, 3.8) is 0 Å². The second-order valence-corrected chi connectivity index (χ2v) is 11.7. The van der Waals surface area contributed by atoms with E-state index in [2.05, 4.69) is 39.8 Å². The number of piperidine rings is 1. The maximum atomic E-state index is 13.7. The number of likely N-dealkylation sites (tertiary alicyclic amines) is 1. The van der Waals surface area contributed by atoms with Crippen LogP contribution in [0.5, 0.6) is 0 Å². The van der Waals surface area contributed by atoms with Crippen molar-refractivity contribution < 1.29 is 9.59 Å². The van der Waals surface area contributed by atoms with Crippen molar-refractivity contribution in [1.82, 2.24) is 15.5 Å².